The molecule has 2 rings (SSSR count). The highest BCUT2D eigenvalue weighted by molar-refractivity contribution is 7.88. The second-order valence-electron chi connectivity index (χ2n) is 3.87. The molecule has 100 valence electrons. The molecule has 0 aliphatic carbocycles. The predicted octanol–water partition coefficient (Wildman–Crippen LogP) is 1.95. The Bertz CT molecular complexity index is 565. The number of carbonyl (C=O) groups excluding carboxylic acids is 1. The van der Waals surface area contributed by atoms with Gasteiger partial charge in [-0.3, -0.25) is 9.00 Å². The predicted molar refractivity (Wildman–Crippen MR) is 78.6 cm³/mol. The van der Waals surface area contributed by atoms with E-state index >= 15 is 0 Å². The van der Waals surface area contributed by atoms with E-state index in [1.165, 1.54) is 11.3 Å². The van der Waals surface area contributed by atoms with Gasteiger partial charge in [0.2, 0.25) is 5.91 Å². The first kappa shape index (κ1) is 13.9. The van der Waals surface area contributed by atoms with Crippen LogP contribution in [0.1, 0.15) is 5.56 Å². The van der Waals surface area contributed by atoms with Crippen LogP contribution in [-0.4, -0.2) is 15.9 Å². The first-order valence-corrected chi connectivity index (χ1v) is 7.89. The van der Waals surface area contributed by atoms with Gasteiger partial charge in [-0.2, -0.15) is 0 Å². The Hall–Kier alpha value is -1.50. The van der Waals surface area contributed by atoms with E-state index in [2.05, 4.69) is 5.32 Å². The highest BCUT2D eigenvalue weighted by Crippen LogP contribution is 2.14. The molecule has 1 unspecified atom stereocenters. The van der Waals surface area contributed by atoms with E-state index in [0.29, 0.717) is 16.4 Å². The number of hydrogen-bond acceptors (Lipinski definition) is 4. The Labute approximate surface area is 118 Å². The zero-order valence-electron chi connectivity index (χ0n) is 10.2. The molecule has 6 heteroatoms. The molecule has 0 saturated carbocycles. The van der Waals surface area contributed by atoms with E-state index in [1.54, 1.807) is 18.2 Å². The van der Waals surface area contributed by atoms with Crippen molar-refractivity contribution in [1.29, 1.82) is 0 Å². The van der Waals surface area contributed by atoms with Gasteiger partial charge in [-0.05, 0) is 29.1 Å². The maximum Gasteiger partial charge on any atom is 0.237 e. The number of carbonyl (C=O) groups is 1. The number of amides is 1. The van der Waals surface area contributed by atoms with Crippen molar-refractivity contribution in [2.75, 3.05) is 11.1 Å². The van der Waals surface area contributed by atoms with Gasteiger partial charge in [0.25, 0.3) is 0 Å². The Morgan fingerprint density at radius 2 is 2.00 bits per heavy atom. The van der Waals surface area contributed by atoms with E-state index < -0.39 is 10.8 Å². The molecule has 0 fully saturated rings. The Kier molecular flexibility index (Phi) is 4.84. The summed E-state index contributed by atoms with van der Waals surface area (Å²) in [7, 11) is -1.28. The molecule has 1 aromatic carbocycles. The average Bonchev–Trinajstić information content (AvgIpc) is 2.93. The molecular formula is C13H14N2O2S2. The number of thiophene rings is 1. The molecule has 4 nitrogen and oxygen atoms in total. The smallest absolute Gasteiger partial charge is 0.237 e. The minimum atomic E-state index is -1.28. The van der Waals surface area contributed by atoms with Crippen LogP contribution >= 0.6 is 11.3 Å². The van der Waals surface area contributed by atoms with Gasteiger partial charge in [0.1, 0.15) is 5.75 Å². The first-order valence-electron chi connectivity index (χ1n) is 5.70. The maximum atomic E-state index is 11.9. The fourth-order valence-corrected chi connectivity index (χ4v) is 3.41. The average molecular weight is 294 g/mol. The summed E-state index contributed by atoms with van der Waals surface area (Å²) in [4.78, 5) is 11.7. The third-order valence-corrected chi connectivity index (χ3v) is 5.07. The third kappa shape index (κ3) is 3.99. The summed E-state index contributed by atoms with van der Waals surface area (Å²) in [5.41, 5.74) is 7.18. The highest BCUT2D eigenvalue weighted by Gasteiger charge is 2.11. The van der Waals surface area contributed by atoms with Crippen LogP contribution in [0.15, 0.2) is 46.0 Å². The second kappa shape index (κ2) is 6.60. The summed E-state index contributed by atoms with van der Waals surface area (Å²) in [6.07, 6.45) is 0. The van der Waals surface area contributed by atoms with E-state index in [9.17, 15) is 9.00 Å². The quantitative estimate of drug-likeness (QED) is 0.885. The van der Waals surface area contributed by atoms with Crippen LogP contribution in [0.4, 0.5) is 5.69 Å². The molecule has 0 bridgehead atoms. The molecule has 3 N–H and O–H groups in total. The Morgan fingerprint density at radius 3 is 2.58 bits per heavy atom. The summed E-state index contributed by atoms with van der Waals surface area (Å²) in [6.45, 7) is 0.469. The molecule has 1 aromatic heterocycles. The molecule has 1 amide bonds. The largest absolute Gasteiger partial charge is 0.326 e. The van der Waals surface area contributed by atoms with E-state index in [-0.39, 0.29) is 11.7 Å². The SMILES string of the molecule is NCc1ccc(NC(=O)CS(=O)c2cccs2)cc1. The molecule has 2 aromatic rings. The highest BCUT2D eigenvalue weighted by atomic mass is 32.2. The monoisotopic (exact) mass is 294 g/mol. The van der Waals surface area contributed by atoms with Crippen LogP contribution in [0.2, 0.25) is 0 Å². The van der Waals surface area contributed by atoms with Crippen molar-refractivity contribution in [2.45, 2.75) is 10.8 Å². The Morgan fingerprint density at radius 1 is 1.26 bits per heavy atom. The van der Waals surface area contributed by atoms with Gasteiger partial charge in [0, 0.05) is 12.2 Å². The number of benzene rings is 1. The van der Waals surface area contributed by atoms with Crippen molar-refractivity contribution < 1.29 is 9.00 Å². The van der Waals surface area contributed by atoms with Gasteiger partial charge in [0.05, 0.1) is 15.0 Å². The van der Waals surface area contributed by atoms with Gasteiger partial charge < -0.3 is 11.1 Å². The lowest BCUT2D eigenvalue weighted by atomic mass is 10.2. The first-order chi connectivity index (χ1) is 9.19. The lowest BCUT2D eigenvalue weighted by Gasteiger charge is -2.05. The van der Waals surface area contributed by atoms with E-state index in [4.69, 9.17) is 5.73 Å². The summed E-state index contributed by atoms with van der Waals surface area (Å²) in [6, 6.07) is 10.9. The molecule has 0 radical (unpaired) electrons. The normalized spacial score (nSPS) is 12.1. The third-order valence-electron chi connectivity index (χ3n) is 2.46. The topological polar surface area (TPSA) is 72.2 Å². The van der Waals surface area contributed by atoms with Crippen molar-refractivity contribution in [2.24, 2.45) is 5.73 Å². The van der Waals surface area contributed by atoms with Crippen LogP contribution in [0.3, 0.4) is 0 Å². The molecule has 0 spiro atoms. The van der Waals surface area contributed by atoms with E-state index in [1.807, 2.05) is 23.6 Å². The van der Waals surface area contributed by atoms with Crippen LogP contribution in [0, 0.1) is 0 Å². The van der Waals surface area contributed by atoms with Gasteiger partial charge in [-0.15, -0.1) is 11.3 Å². The fraction of sp³-hybridized carbons (Fsp3) is 0.154. The number of hydrogen-bond donors (Lipinski definition) is 2. The summed E-state index contributed by atoms with van der Waals surface area (Å²) < 4.78 is 12.6. The van der Waals surface area contributed by atoms with Crippen molar-refractivity contribution >= 4 is 33.7 Å². The van der Waals surface area contributed by atoms with Crippen molar-refractivity contribution in [3.8, 4) is 0 Å². The summed E-state index contributed by atoms with van der Waals surface area (Å²) >= 11 is 1.39. The molecule has 0 saturated heterocycles. The fourth-order valence-electron chi connectivity index (χ4n) is 1.50. The standard InChI is InChI=1S/C13H14N2O2S2/c14-8-10-3-5-11(6-4-10)15-12(16)9-19(17)13-2-1-7-18-13/h1-7H,8-9,14H2,(H,15,16). The van der Waals surface area contributed by atoms with Crippen LogP contribution in [-0.2, 0) is 22.1 Å². The number of nitrogens with two attached hydrogens (primary N) is 1. The number of rotatable bonds is 5. The molecular weight excluding hydrogens is 280 g/mol. The number of anilines is 1. The number of nitrogens with one attached hydrogen (secondary N) is 1. The summed E-state index contributed by atoms with van der Waals surface area (Å²) in [5.74, 6) is -0.286. The van der Waals surface area contributed by atoms with Gasteiger partial charge in [-0.25, -0.2) is 0 Å². The Balaban J connectivity index is 1.92. The minimum Gasteiger partial charge on any atom is -0.326 e. The van der Waals surface area contributed by atoms with Crippen molar-refractivity contribution in [3.05, 3.63) is 47.3 Å². The minimum absolute atomic E-state index is 0.0286. The zero-order chi connectivity index (χ0) is 13.7. The van der Waals surface area contributed by atoms with Gasteiger partial charge in [0.15, 0.2) is 0 Å². The maximum absolute atomic E-state index is 11.9. The van der Waals surface area contributed by atoms with Crippen molar-refractivity contribution in [1.82, 2.24) is 0 Å². The summed E-state index contributed by atoms with van der Waals surface area (Å²) in [5, 5.41) is 4.56. The molecule has 19 heavy (non-hydrogen) atoms. The van der Waals surface area contributed by atoms with Gasteiger partial charge in [-0.1, -0.05) is 18.2 Å². The van der Waals surface area contributed by atoms with E-state index in [0.717, 1.165) is 5.56 Å². The molecule has 1 atom stereocenters. The van der Waals surface area contributed by atoms with Crippen LogP contribution in [0.5, 0.6) is 0 Å². The van der Waals surface area contributed by atoms with Crippen molar-refractivity contribution in [3.63, 3.8) is 0 Å². The van der Waals surface area contributed by atoms with Crippen LogP contribution in [0.25, 0.3) is 0 Å². The lowest BCUT2D eigenvalue weighted by molar-refractivity contribution is -0.113. The molecule has 1 heterocycles. The lowest BCUT2D eigenvalue weighted by Crippen LogP contribution is -2.19. The zero-order valence-corrected chi connectivity index (χ0v) is 11.8. The molecule has 0 aliphatic heterocycles. The second-order valence-corrected chi connectivity index (χ2v) is 6.50. The van der Waals surface area contributed by atoms with Crippen LogP contribution < -0.4 is 11.1 Å². The van der Waals surface area contributed by atoms with Gasteiger partial charge >= 0.3 is 0 Å². The molecule has 0 aliphatic rings.